The van der Waals surface area contributed by atoms with Gasteiger partial charge in [-0.3, -0.25) is 9.59 Å². The Hall–Kier alpha value is -1.94. The number of rotatable bonds is 1. The summed E-state index contributed by atoms with van der Waals surface area (Å²) in [5, 5.41) is 10.0. The van der Waals surface area contributed by atoms with Gasteiger partial charge in [0.15, 0.2) is 11.6 Å². The number of ketones is 2. The van der Waals surface area contributed by atoms with Gasteiger partial charge < -0.3 is 9.84 Å². The maximum absolute atomic E-state index is 12.9. The summed E-state index contributed by atoms with van der Waals surface area (Å²) >= 11 is 0. The number of phenols is 1. The molecule has 5 rings (SSSR count). The summed E-state index contributed by atoms with van der Waals surface area (Å²) in [6.07, 6.45) is 5.57. The molecule has 21 heavy (non-hydrogen) atoms. The van der Waals surface area contributed by atoms with Crippen LogP contribution in [0.1, 0.15) is 33.6 Å². The molecular formula is C17H16O4. The normalized spacial score (nSPS) is 36.5. The zero-order chi connectivity index (χ0) is 14.8. The molecule has 0 aromatic heterocycles. The Morgan fingerprint density at radius 2 is 2.10 bits per heavy atom. The van der Waals surface area contributed by atoms with Crippen molar-refractivity contribution < 1.29 is 19.4 Å². The predicted octanol–water partition coefficient (Wildman–Crippen LogP) is 2.37. The Morgan fingerprint density at radius 3 is 2.76 bits per heavy atom. The van der Waals surface area contributed by atoms with Gasteiger partial charge in [-0.15, -0.1) is 0 Å². The van der Waals surface area contributed by atoms with Crippen molar-refractivity contribution in [3.8, 4) is 5.75 Å². The maximum Gasteiger partial charge on any atom is 0.174 e. The molecule has 4 aliphatic carbocycles. The number of benzene rings is 1. The SMILES string of the molecule is CO[C@]12C=C[C@H](CC1)[C@H]1C(=O)c3cccc(O)c3C(=O)[C@H]12. The number of ether oxygens (including phenoxy) is 1. The number of carbonyl (C=O) groups is 2. The largest absolute Gasteiger partial charge is 0.507 e. The Bertz CT molecular complexity index is 690. The highest BCUT2D eigenvalue weighted by Gasteiger charge is 2.59. The number of hydrogen-bond donors (Lipinski definition) is 1. The zero-order valence-electron chi connectivity index (χ0n) is 11.7. The average molecular weight is 284 g/mol. The van der Waals surface area contributed by atoms with Crippen LogP contribution in [0.3, 0.4) is 0 Å². The summed E-state index contributed by atoms with van der Waals surface area (Å²) in [7, 11) is 1.59. The van der Waals surface area contributed by atoms with E-state index in [1.165, 1.54) is 6.07 Å². The van der Waals surface area contributed by atoms with Crippen LogP contribution in [0.25, 0.3) is 0 Å². The molecule has 0 spiro atoms. The monoisotopic (exact) mass is 284 g/mol. The van der Waals surface area contributed by atoms with E-state index in [1.807, 2.05) is 12.2 Å². The minimum Gasteiger partial charge on any atom is -0.507 e. The molecule has 1 aromatic rings. The van der Waals surface area contributed by atoms with Gasteiger partial charge in [0.1, 0.15) is 5.75 Å². The molecule has 4 nitrogen and oxygen atoms in total. The number of aromatic hydroxyl groups is 1. The van der Waals surface area contributed by atoms with Crippen molar-refractivity contribution in [2.24, 2.45) is 17.8 Å². The summed E-state index contributed by atoms with van der Waals surface area (Å²) in [4.78, 5) is 25.8. The summed E-state index contributed by atoms with van der Waals surface area (Å²) in [5.74, 6) is -1.09. The quantitative estimate of drug-likeness (QED) is 0.804. The van der Waals surface area contributed by atoms with E-state index in [-0.39, 0.29) is 34.7 Å². The Kier molecular flexibility index (Phi) is 2.46. The highest BCUT2D eigenvalue weighted by Crippen LogP contribution is 2.54. The van der Waals surface area contributed by atoms with Crippen LogP contribution in [0, 0.1) is 17.8 Å². The van der Waals surface area contributed by atoms with Gasteiger partial charge in [0.2, 0.25) is 0 Å². The smallest absolute Gasteiger partial charge is 0.174 e. The second kappa shape index (κ2) is 4.04. The first-order chi connectivity index (χ1) is 10.1. The lowest BCUT2D eigenvalue weighted by Gasteiger charge is -2.52. The van der Waals surface area contributed by atoms with Gasteiger partial charge in [0, 0.05) is 18.6 Å². The van der Waals surface area contributed by atoms with E-state index in [0.29, 0.717) is 5.56 Å². The van der Waals surface area contributed by atoms with Gasteiger partial charge in [-0.05, 0) is 24.8 Å². The molecule has 2 bridgehead atoms. The third-order valence-electron chi connectivity index (χ3n) is 5.36. The number of carbonyl (C=O) groups excluding carboxylic acids is 2. The van der Waals surface area contributed by atoms with Gasteiger partial charge in [-0.1, -0.05) is 24.3 Å². The lowest BCUT2D eigenvalue weighted by Crippen LogP contribution is -2.58. The molecule has 4 atom stereocenters. The lowest BCUT2D eigenvalue weighted by molar-refractivity contribution is -0.0692. The molecule has 1 fully saturated rings. The highest BCUT2D eigenvalue weighted by atomic mass is 16.5. The first-order valence-corrected chi connectivity index (χ1v) is 7.24. The third-order valence-corrected chi connectivity index (χ3v) is 5.36. The van der Waals surface area contributed by atoms with E-state index in [2.05, 4.69) is 0 Å². The minimum absolute atomic E-state index is 0.0408. The van der Waals surface area contributed by atoms with Crippen molar-refractivity contribution in [1.82, 2.24) is 0 Å². The van der Waals surface area contributed by atoms with E-state index in [9.17, 15) is 14.7 Å². The molecule has 0 aliphatic heterocycles. The van der Waals surface area contributed by atoms with E-state index < -0.39 is 11.5 Å². The molecule has 108 valence electrons. The van der Waals surface area contributed by atoms with E-state index in [1.54, 1.807) is 19.2 Å². The van der Waals surface area contributed by atoms with Crippen LogP contribution in [-0.4, -0.2) is 29.4 Å². The number of phenolic OH excluding ortho intramolecular Hbond substituents is 1. The summed E-state index contributed by atoms with van der Waals surface area (Å²) in [6.45, 7) is 0. The first-order valence-electron chi connectivity index (χ1n) is 7.24. The number of methoxy groups -OCH3 is 1. The van der Waals surface area contributed by atoms with Crippen LogP contribution in [-0.2, 0) is 4.74 Å². The molecule has 0 unspecified atom stereocenters. The lowest BCUT2D eigenvalue weighted by atomic mass is 9.53. The molecule has 1 aromatic carbocycles. The molecule has 0 heterocycles. The van der Waals surface area contributed by atoms with Gasteiger partial charge in [-0.25, -0.2) is 0 Å². The highest BCUT2D eigenvalue weighted by molar-refractivity contribution is 6.18. The molecule has 0 saturated heterocycles. The Balaban J connectivity index is 1.96. The number of hydrogen-bond acceptors (Lipinski definition) is 4. The predicted molar refractivity (Wildman–Crippen MR) is 75.4 cm³/mol. The Labute approximate surface area is 122 Å². The van der Waals surface area contributed by atoms with Crippen molar-refractivity contribution in [2.75, 3.05) is 7.11 Å². The van der Waals surface area contributed by atoms with Crippen molar-refractivity contribution in [1.29, 1.82) is 0 Å². The van der Waals surface area contributed by atoms with Crippen LogP contribution < -0.4 is 0 Å². The van der Waals surface area contributed by atoms with Gasteiger partial charge >= 0.3 is 0 Å². The van der Waals surface area contributed by atoms with E-state index >= 15 is 0 Å². The van der Waals surface area contributed by atoms with Gasteiger partial charge in [0.25, 0.3) is 0 Å². The molecule has 0 radical (unpaired) electrons. The fraction of sp³-hybridized carbons (Fsp3) is 0.412. The van der Waals surface area contributed by atoms with E-state index in [4.69, 9.17) is 4.74 Å². The standard InChI is InChI=1S/C17H16O4/c1-21-17-7-5-9(6-8-17)12-14(17)16(20)13-10(15(12)19)3-2-4-11(13)18/h2-5,7,9,12,14,18H,6,8H2,1H3/t9-,12-,14+,17-/m1/s1. The molecule has 4 aliphatic rings. The number of Topliss-reactive ketones (excluding diaryl/α,β-unsaturated/α-hetero) is 2. The second-order valence-electron chi connectivity index (χ2n) is 6.15. The molecule has 1 saturated carbocycles. The fourth-order valence-electron chi connectivity index (χ4n) is 4.34. The van der Waals surface area contributed by atoms with Crippen molar-refractivity contribution >= 4 is 11.6 Å². The van der Waals surface area contributed by atoms with Crippen LogP contribution >= 0.6 is 0 Å². The maximum atomic E-state index is 12.9. The molecule has 4 heteroatoms. The van der Waals surface area contributed by atoms with Crippen LogP contribution in [0.5, 0.6) is 5.75 Å². The van der Waals surface area contributed by atoms with Crippen LogP contribution in [0.2, 0.25) is 0 Å². The van der Waals surface area contributed by atoms with Crippen molar-refractivity contribution in [3.63, 3.8) is 0 Å². The number of fused-ring (bicyclic) bond motifs is 2. The zero-order valence-corrected chi connectivity index (χ0v) is 11.7. The van der Waals surface area contributed by atoms with E-state index in [0.717, 1.165) is 12.8 Å². The van der Waals surface area contributed by atoms with Gasteiger partial charge in [0.05, 0.1) is 17.1 Å². The Morgan fingerprint density at radius 1 is 1.29 bits per heavy atom. The topological polar surface area (TPSA) is 63.6 Å². The third kappa shape index (κ3) is 1.43. The summed E-state index contributed by atoms with van der Waals surface area (Å²) < 4.78 is 5.67. The van der Waals surface area contributed by atoms with Crippen LogP contribution in [0.15, 0.2) is 30.4 Å². The molecular weight excluding hydrogens is 268 g/mol. The summed E-state index contributed by atoms with van der Waals surface area (Å²) in [6, 6.07) is 4.71. The van der Waals surface area contributed by atoms with Gasteiger partial charge in [-0.2, -0.15) is 0 Å². The average Bonchev–Trinajstić information content (AvgIpc) is 2.52. The first kappa shape index (κ1) is 12.8. The van der Waals surface area contributed by atoms with Crippen molar-refractivity contribution in [2.45, 2.75) is 18.4 Å². The fourth-order valence-corrected chi connectivity index (χ4v) is 4.34. The number of allylic oxidation sites excluding steroid dienone is 1. The second-order valence-corrected chi connectivity index (χ2v) is 6.15. The summed E-state index contributed by atoms with van der Waals surface area (Å²) in [5.41, 5.74) is -0.179. The molecule has 0 amide bonds. The minimum atomic E-state index is -0.702. The molecule has 1 N–H and O–H groups in total. The van der Waals surface area contributed by atoms with Crippen LogP contribution in [0.4, 0.5) is 0 Å². The van der Waals surface area contributed by atoms with Crippen molar-refractivity contribution in [3.05, 3.63) is 41.5 Å².